The van der Waals surface area contributed by atoms with Crippen LogP contribution in [0.3, 0.4) is 0 Å². The average Bonchev–Trinajstić information content (AvgIpc) is 2.09. The van der Waals surface area contributed by atoms with Gasteiger partial charge in [-0.3, -0.25) is 4.79 Å². The van der Waals surface area contributed by atoms with Crippen molar-refractivity contribution in [2.75, 3.05) is 7.11 Å². The Morgan fingerprint density at radius 2 is 2.15 bits per heavy atom. The number of rotatable bonds is 2. The highest BCUT2D eigenvalue weighted by Gasteiger charge is 2.13. The lowest BCUT2D eigenvalue weighted by atomic mass is 10.1. The fraction of sp³-hybridized carbons (Fsp3) is 0.222. The van der Waals surface area contributed by atoms with Crippen LogP contribution in [0, 0.1) is 3.57 Å². The van der Waals surface area contributed by atoms with Gasteiger partial charge in [0.2, 0.25) is 0 Å². The van der Waals surface area contributed by atoms with E-state index in [9.17, 15) is 4.79 Å². The molecule has 2 nitrogen and oxygen atoms in total. The maximum Gasteiger partial charge on any atom is 0.163 e. The van der Waals surface area contributed by atoms with Gasteiger partial charge in [0.25, 0.3) is 0 Å². The zero-order valence-corrected chi connectivity index (χ0v) is 11.0. The third kappa shape index (κ3) is 2.22. The minimum absolute atomic E-state index is 0.00829. The predicted octanol–water partition coefficient (Wildman–Crippen LogP) is 3.26. The molecule has 0 aromatic heterocycles. The molecule has 0 radical (unpaired) electrons. The zero-order valence-electron chi connectivity index (χ0n) is 7.23. The summed E-state index contributed by atoms with van der Waals surface area (Å²) in [7, 11) is 1.56. The molecule has 1 rings (SSSR count). The van der Waals surface area contributed by atoms with Crippen LogP contribution in [0.5, 0.6) is 5.75 Å². The third-order valence-electron chi connectivity index (χ3n) is 1.63. The molecular formula is C9H8BrIO2. The minimum Gasteiger partial charge on any atom is -0.495 e. The van der Waals surface area contributed by atoms with Crippen molar-refractivity contribution in [2.24, 2.45) is 0 Å². The number of methoxy groups -OCH3 is 1. The summed E-state index contributed by atoms with van der Waals surface area (Å²) >= 11 is 5.55. The Labute approximate surface area is 98.9 Å². The van der Waals surface area contributed by atoms with Crippen LogP contribution in [0.4, 0.5) is 0 Å². The lowest BCUT2D eigenvalue weighted by Gasteiger charge is -2.08. The molecule has 0 bridgehead atoms. The standard InChI is InChI=1S/C9H8BrIO2/c1-5(12)6-3-4-7(11)8(10)9(6)13-2/h3-4H,1-2H3. The molecular weight excluding hydrogens is 347 g/mol. The second kappa shape index (κ2) is 4.41. The first-order valence-electron chi connectivity index (χ1n) is 3.61. The Bertz CT molecular complexity index is 350. The largest absolute Gasteiger partial charge is 0.495 e. The van der Waals surface area contributed by atoms with Gasteiger partial charge in [0, 0.05) is 3.57 Å². The van der Waals surface area contributed by atoms with E-state index in [1.807, 2.05) is 6.07 Å². The Kier molecular flexibility index (Phi) is 3.73. The molecule has 0 N–H and O–H groups in total. The van der Waals surface area contributed by atoms with E-state index in [0.29, 0.717) is 11.3 Å². The SMILES string of the molecule is COc1c(C(C)=O)ccc(I)c1Br. The van der Waals surface area contributed by atoms with Gasteiger partial charge in [-0.2, -0.15) is 0 Å². The monoisotopic (exact) mass is 354 g/mol. The molecule has 0 aliphatic carbocycles. The van der Waals surface area contributed by atoms with Crippen LogP contribution in [0.1, 0.15) is 17.3 Å². The summed E-state index contributed by atoms with van der Waals surface area (Å²) in [5.74, 6) is 0.619. The second-order valence-electron chi connectivity index (χ2n) is 2.50. The van der Waals surface area contributed by atoms with Crippen molar-refractivity contribution in [1.29, 1.82) is 0 Å². The van der Waals surface area contributed by atoms with Crippen LogP contribution >= 0.6 is 38.5 Å². The molecule has 1 aromatic carbocycles. The first kappa shape index (κ1) is 11.0. The van der Waals surface area contributed by atoms with Crippen molar-refractivity contribution in [1.82, 2.24) is 0 Å². The van der Waals surface area contributed by atoms with E-state index in [4.69, 9.17) is 4.74 Å². The summed E-state index contributed by atoms with van der Waals surface area (Å²) in [4.78, 5) is 11.2. The highest BCUT2D eigenvalue weighted by atomic mass is 127. The predicted molar refractivity (Wildman–Crippen MR) is 63.4 cm³/mol. The smallest absolute Gasteiger partial charge is 0.163 e. The highest BCUT2D eigenvalue weighted by Crippen LogP contribution is 2.33. The minimum atomic E-state index is 0.00829. The third-order valence-corrected chi connectivity index (χ3v) is 4.06. The highest BCUT2D eigenvalue weighted by molar-refractivity contribution is 14.1. The fourth-order valence-electron chi connectivity index (χ4n) is 1.01. The molecule has 4 heteroatoms. The summed E-state index contributed by atoms with van der Waals surface area (Å²) in [6, 6.07) is 3.65. The summed E-state index contributed by atoms with van der Waals surface area (Å²) in [6.07, 6.45) is 0. The van der Waals surface area contributed by atoms with Crippen molar-refractivity contribution >= 4 is 44.3 Å². The lowest BCUT2D eigenvalue weighted by Crippen LogP contribution is -1.99. The molecule has 1 aromatic rings. The fourth-order valence-corrected chi connectivity index (χ4v) is 1.94. The molecule has 0 heterocycles. The van der Waals surface area contributed by atoms with Crippen LogP contribution in [0.2, 0.25) is 0 Å². The van der Waals surface area contributed by atoms with Gasteiger partial charge in [0.15, 0.2) is 5.78 Å². The molecule has 0 saturated heterocycles. The first-order valence-corrected chi connectivity index (χ1v) is 5.48. The summed E-state index contributed by atoms with van der Waals surface area (Å²) in [5.41, 5.74) is 0.606. The number of halogens is 2. The number of hydrogen-bond donors (Lipinski definition) is 0. The van der Waals surface area contributed by atoms with E-state index in [2.05, 4.69) is 38.5 Å². The topological polar surface area (TPSA) is 26.3 Å². The van der Waals surface area contributed by atoms with Gasteiger partial charge < -0.3 is 4.74 Å². The average molecular weight is 355 g/mol. The van der Waals surface area contributed by atoms with E-state index < -0.39 is 0 Å². The molecule has 0 fully saturated rings. The molecule has 70 valence electrons. The Balaban J connectivity index is 3.38. The first-order chi connectivity index (χ1) is 6.07. The molecule has 0 saturated carbocycles. The maximum absolute atomic E-state index is 11.2. The number of hydrogen-bond acceptors (Lipinski definition) is 2. The van der Waals surface area contributed by atoms with Crippen LogP contribution < -0.4 is 4.74 Å². The Hall–Kier alpha value is -0.100. The van der Waals surface area contributed by atoms with Gasteiger partial charge in [-0.25, -0.2) is 0 Å². The molecule has 0 spiro atoms. The van der Waals surface area contributed by atoms with E-state index in [-0.39, 0.29) is 5.78 Å². The molecule has 13 heavy (non-hydrogen) atoms. The summed E-state index contributed by atoms with van der Waals surface area (Å²) < 4.78 is 7.01. The molecule has 0 aliphatic heterocycles. The molecule has 0 unspecified atom stereocenters. The maximum atomic E-state index is 11.2. The number of carbonyl (C=O) groups excluding carboxylic acids is 1. The van der Waals surface area contributed by atoms with Crippen molar-refractivity contribution in [3.8, 4) is 5.75 Å². The number of carbonyl (C=O) groups is 1. The summed E-state index contributed by atoms with van der Waals surface area (Å²) in [5, 5.41) is 0. The van der Waals surface area contributed by atoms with Crippen molar-refractivity contribution in [3.05, 3.63) is 25.7 Å². The van der Waals surface area contributed by atoms with Crippen molar-refractivity contribution in [3.63, 3.8) is 0 Å². The van der Waals surface area contributed by atoms with Crippen LogP contribution in [-0.2, 0) is 0 Å². The van der Waals surface area contributed by atoms with Gasteiger partial charge in [-0.05, 0) is 57.6 Å². The Morgan fingerprint density at radius 1 is 1.54 bits per heavy atom. The summed E-state index contributed by atoms with van der Waals surface area (Å²) in [6.45, 7) is 1.52. The normalized spacial score (nSPS) is 9.85. The van der Waals surface area contributed by atoms with Gasteiger partial charge >= 0.3 is 0 Å². The van der Waals surface area contributed by atoms with E-state index in [1.165, 1.54) is 6.92 Å². The number of ether oxygens (including phenoxy) is 1. The quantitative estimate of drug-likeness (QED) is 0.602. The molecule has 0 amide bonds. The zero-order chi connectivity index (χ0) is 10.0. The Morgan fingerprint density at radius 3 is 2.62 bits per heavy atom. The van der Waals surface area contributed by atoms with Crippen molar-refractivity contribution < 1.29 is 9.53 Å². The van der Waals surface area contributed by atoms with Crippen LogP contribution in [0.25, 0.3) is 0 Å². The van der Waals surface area contributed by atoms with E-state index in [1.54, 1.807) is 13.2 Å². The van der Waals surface area contributed by atoms with Gasteiger partial charge in [0.05, 0.1) is 17.1 Å². The molecule has 0 atom stereocenters. The van der Waals surface area contributed by atoms with Crippen molar-refractivity contribution in [2.45, 2.75) is 6.92 Å². The van der Waals surface area contributed by atoms with Gasteiger partial charge in [-0.15, -0.1) is 0 Å². The van der Waals surface area contributed by atoms with Crippen LogP contribution in [-0.4, -0.2) is 12.9 Å². The van der Waals surface area contributed by atoms with E-state index >= 15 is 0 Å². The van der Waals surface area contributed by atoms with E-state index in [0.717, 1.165) is 8.04 Å². The second-order valence-corrected chi connectivity index (χ2v) is 4.45. The van der Waals surface area contributed by atoms with Gasteiger partial charge in [-0.1, -0.05) is 0 Å². The number of benzene rings is 1. The molecule has 0 aliphatic rings. The number of ketones is 1. The lowest BCUT2D eigenvalue weighted by molar-refractivity contribution is 0.101. The number of Topliss-reactive ketones (excluding diaryl/α,β-unsaturated/α-hetero) is 1. The van der Waals surface area contributed by atoms with Crippen LogP contribution in [0.15, 0.2) is 16.6 Å². The van der Waals surface area contributed by atoms with Gasteiger partial charge in [0.1, 0.15) is 5.75 Å².